The summed E-state index contributed by atoms with van der Waals surface area (Å²) < 4.78 is 1.85. The van der Waals surface area contributed by atoms with Crippen molar-refractivity contribution < 1.29 is 0 Å². The number of benzene rings is 1. The van der Waals surface area contributed by atoms with Gasteiger partial charge in [0.05, 0.1) is 23.3 Å². The number of rotatable bonds is 2. The average Bonchev–Trinajstić information content (AvgIpc) is 2.49. The first-order valence-corrected chi connectivity index (χ1v) is 4.92. The Hall–Kier alpha value is -1.06. The fourth-order valence-corrected chi connectivity index (χ4v) is 1.79. The fourth-order valence-electron chi connectivity index (χ4n) is 1.51. The molecule has 1 heterocycles. The van der Waals surface area contributed by atoms with E-state index >= 15 is 0 Å². The van der Waals surface area contributed by atoms with Crippen molar-refractivity contribution in [2.75, 3.05) is 0 Å². The topological polar surface area (TPSA) is 43.8 Å². The van der Waals surface area contributed by atoms with E-state index in [1.54, 1.807) is 0 Å². The second kappa shape index (κ2) is 3.59. The van der Waals surface area contributed by atoms with E-state index in [9.17, 15) is 0 Å². The number of aromatic nitrogens is 2. The third-order valence-corrected chi connectivity index (χ3v) is 2.38. The van der Waals surface area contributed by atoms with Crippen LogP contribution in [0.2, 0.25) is 5.02 Å². The van der Waals surface area contributed by atoms with Crippen molar-refractivity contribution in [1.82, 2.24) is 9.78 Å². The van der Waals surface area contributed by atoms with Gasteiger partial charge in [-0.1, -0.05) is 23.7 Å². The number of halogens is 1. The number of hydrogen-bond acceptors (Lipinski definition) is 2. The zero-order valence-electron chi connectivity index (χ0n) is 7.94. The van der Waals surface area contributed by atoms with Crippen LogP contribution in [0.1, 0.15) is 6.92 Å². The molecule has 0 aliphatic carbocycles. The Kier molecular flexibility index (Phi) is 2.44. The lowest BCUT2D eigenvalue weighted by molar-refractivity contribution is 0.553. The van der Waals surface area contributed by atoms with E-state index in [0.29, 0.717) is 6.54 Å². The molecule has 3 nitrogen and oxygen atoms in total. The lowest BCUT2D eigenvalue weighted by Crippen LogP contribution is -2.22. The Labute approximate surface area is 87.5 Å². The molecule has 14 heavy (non-hydrogen) atoms. The molecule has 0 aliphatic heterocycles. The molecular weight excluding hydrogens is 198 g/mol. The van der Waals surface area contributed by atoms with Gasteiger partial charge in [-0.05, 0) is 13.0 Å². The van der Waals surface area contributed by atoms with Gasteiger partial charge < -0.3 is 5.73 Å². The van der Waals surface area contributed by atoms with E-state index in [4.69, 9.17) is 17.3 Å². The van der Waals surface area contributed by atoms with Gasteiger partial charge in [0.2, 0.25) is 0 Å². The first kappa shape index (κ1) is 9.49. The Balaban J connectivity index is 2.55. The molecule has 74 valence electrons. The Morgan fingerprint density at radius 1 is 1.57 bits per heavy atom. The normalized spacial score (nSPS) is 13.4. The molecule has 0 radical (unpaired) electrons. The fraction of sp³-hybridized carbons (Fsp3) is 0.300. The Morgan fingerprint density at radius 3 is 3.07 bits per heavy atom. The van der Waals surface area contributed by atoms with Gasteiger partial charge in [0.1, 0.15) is 0 Å². The van der Waals surface area contributed by atoms with Crippen LogP contribution < -0.4 is 5.73 Å². The molecule has 0 aliphatic rings. The lowest BCUT2D eigenvalue weighted by Gasteiger charge is -2.07. The van der Waals surface area contributed by atoms with Crippen LogP contribution >= 0.6 is 11.6 Å². The molecular formula is C10H12ClN3. The zero-order chi connectivity index (χ0) is 10.1. The summed E-state index contributed by atoms with van der Waals surface area (Å²) in [5, 5.41) is 6.03. The molecule has 2 aromatic rings. The van der Waals surface area contributed by atoms with Crippen LogP contribution in [0.3, 0.4) is 0 Å². The molecule has 0 fully saturated rings. The summed E-state index contributed by atoms with van der Waals surface area (Å²) in [6, 6.07) is 5.85. The first-order valence-electron chi connectivity index (χ1n) is 4.54. The molecule has 1 atom stereocenters. The van der Waals surface area contributed by atoms with E-state index in [0.717, 1.165) is 15.9 Å². The summed E-state index contributed by atoms with van der Waals surface area (Å²) in [7, 11) is 0. The predicted octanol–water partition coefficient (Wildman–Crippen LogP) is 2.04. The van der Waals surface area contributed by atoms with Crippen molar-refractivity contribution in [3.63, 3.8) is 0 Å². The summed E-state index contributed by atoms with van der Waals surface area (Å²) in [6.07, 6.45) is 1.81. The number of fused-ring (bicyclic) bond motifs is 1. The third kappa shape index (κ3) is 1.61. The first-order chi connectivity index (χ1) is 6.68. The predicted molar refractivity (Wildman–Crippen MR) is 58.4 cm³/mol. The molecule has 0 spiro atoms. The van der Waals surface area contributed by atoms with Crippen molar-refractivity contribution in [2.45, 2.75) is 19.5 Å². The van der Waals surface area contributed by atoms with Crippen molar-refractivity contribution in [3.05, 3.63) is 29.4 Å². The van der Waals surface area contributed by atoms with Gasteiger partial charge in [-0.2, -0.15) is 5.10 Å². The zero-order valence-corrected chi connectivity index (χ0v) is 8.70. The van der Waals surface area contributed by atoms with Crippen LogP contribution in [0.15, 0.2) is 24.4 Å². The van der Waals surface area contributed by atoms with Crippen LogP contribution in [0.4, 0.5) is 0 Å². The smallest absolute Gasteiger partial charge is 0.0869 e. The molecule has 1 unspecified atom stereocenters. The summed E-state index contributed by atoms with van der Waals surface area (Å²) >= 11 is 6.09. The van der Waals surface area contributed by atoms with Crippen LogP contribution in [0.5, 0.6) is 0 Å². The molecule has 4 heteroatoms. The van der Waals surface area contributed by atoms with Crippen LogP contribution in [-0.4, -0.2) is 15.8 Å². The standard InChI is InChI=1S/C10H12ClN3/c1-7(12)6-14-10-8(5-13-14)3-2-4-9(10)11/h2-5,7H,6,12H2,1H3. The van der Waals surface area contributed by atoms with E-state index in [1.807, 2.05) is 36.0 Å². The third-order valence-electron chi connectivity index (χ3n) is 2.07. The van der Waals surface area contributed by atoms with E-state index < -0.39 is 0 Å². The van der Waals surface area contributed by atoms with Gasteiger partial charge in [0.25, 0.3) is 0 Å². The van der Waals surface area contributed by atoms with Gasteiger partial charge in [0.15, 0.2) is 0 Å². The summed E-state index contributed by atoms with van der Waals surface area (Å²) in [4.78, 5) is 0. The van der Waals surface area contributed by atoms with E-state index in [1.165, 1.54) is 0 Å². The summed E-state index contributed by atoms with van der Waals surface area (Å²) in [6.45, 7) is 2.64. The number of nitrogens with two attached hydrogens (primary N) is 1. The summed E-state index contributed by atoms with van der Waals surface area (Å²) in [5.41, 5.74) is 6.69. The van der Waals surface area contributed by atoms with Crippen molar-refractivity contribution in [2.24, 2.45) is 5.73 Å². The Bertz CT molecular complexity index is 448. The minimum Gasteiger partial charge on any atom is -0.326 e. The number of nitrogens with zero attached hydrogens (tertiary/aromatic N) is 2. The van der Waals surface area contributed by atoms with Crippen LogP contribution in [0.25, 0.3) is 10.9 Å². The van der Waals surface area contributed by atoms with Crippen molar-refractivity contribution in [1.29, 1.82) is 0 Å². The van der Waals surface area contributed by atoms with Gasteiger partial charge in [-0.15, -0.1) is 0 Å². The second-order valence-electron chi connectivity index (χ2n) is 3.48. The molecule has 1 aromatic heterocycles. The van der Waals surface area contributed by atoms with Gasteiger partial charge in [-0.25, -0.2) is 0 Å². The van der Waals surface area contributed by atoms with Crippen molar-refractivity contribution >= 4 is 22.5 Å². The maximum atomic E-state index is 6.09. The Morgan fingerprint density at radius 2 is 2.36 bits per heavy atom. The largest absolute Gasteiger partial charge is 0.326 e. The maximum Gasteiger partial charge on any atom is 0.0869 e. The van der Waals surface area contributed by atoms with E-state index in [2.05, 4.69) is 5.10 Å². The van der Waals surface area contributed by atoms with E-state index in [-0.39, 0.29) is 6.04 Å². The molecule has 0 saturated heterocycles. The number of hydrogen-bond donors (Lipinski definition) is 1. The highest BCUT2D eigenvalue weighted by Gasteiger charge is 2.07. The second-order valence-corrected chi connectivity index (χ2v) is 3.89. The highest BCUT2D eigenvalue weighted by Crippen LogP contribution is 2.22. The average molecular weight is 210 g/mol. The van der Waals surface area contributed by atoms with Crippen LogP contribution in [0, 0.1) is 0 Å². The minimum absolute atomic E-state index is 0.0781. The van der Waals surface area contributed by atoms with Gasteiger partial charge in [0, 0.05) is 11.4 Å². The van der Waals surface area contributed by atoms with Crippen molar-refractivity contribution in [3.8, 4) is 0 Å². The van der Waals surface area contributed by atoms with Gasteiger partial charge in [-0.3, -0.25) is 4.68 Å². The highest BCUT2D eigenvalue weighted by atomic mass is 35.5. The molecule has 2 rings (SSSR count). The maximum absolute atomic E-state index is 6.09. The minimum atomic E-state index is 0.0781. The monoisotopic (exact) mass is 209 g/mol. The van der Waals surface area contributed by atoms with Crippen LogP contribution in [-0.2, 0) is 6.54 Å². The van der Waals surface area contributed by atoms with Gasteiger partial charge >= 0.3 is 0 Å². The molecule has 0 amide bonds. The summed E-state index contributed by atoms with van der Waals surface area (Å²) in [5.74, 6) is 0. The lowest BCUT2D eigenvalue weighted by atomic mass is 10.2. The quantitative estimate of drug-likeness (QED) is 0.823. The molecule has 1 aromatic carbocycles. The highest BCUT2D eigenvalue weighted by molar-refractivity contribution is 6.35. The molecule has 2 N–H and O–H groups in total. The molecule has 0 saturated carbocycles. The number of para-hydroxylation sites is 1. The SMILES string of the molecule is CC(N)Cn1ncc2cccc(Cl)c21. The molecule has 0 bridgehead atoms.